The molecule has 0 amide bonds. The minimum atomic E-state index is -0.520. The number of oxime groups is 1. The van der Waals surface area contributed by atoms with Crippen molar-refractivity contribution in [1.29, 1.82) is 0 Å². The van der Waals surface area contributed by atoms with Gasteiger partial charge < -0.3 is 5.21 Å². The molecule has 1 aliphatic rings. The topological polar surface area (TPSA) is 45.0 Å². The number of rotatable bonds is 3. The fraction of sp³-hybridized carbons (Fsp3) is 0.176. The van der Waals surface area contributed by atoms with Crippen molar-refractivity contribution < 1.29 is 14.0 Å². The summed E-state index contributed by atoms with van der Waals surface area (Å²) in [7, 11) is 0. The first-order valence-corrected chi connectivity index (χ1v) is 7.38. The van der Waals surface area contributed by atoms with Crippen molar-refractivity contribution in [1.82, 2.24) is 0 Å². The minimum Gasteiger partial charge on any atom is -0.411 e. The van der Waals surface area contributed by atoms with Crippen LogP contribution in [0.3, 0.4) is 0 Å². The lowest BCUT2D eigenvalue weighted by Crippen LogP contribution is -2.10. The second kappa shape index (κ2) is 6.08. The Kier molecular flexibility index (Phi) is 4.13. The maximum atomic E-state index is 14.1. The molecular formula is C17H13ClF2N2O. The molecule has 6 heteroatoms. The maximum absolute atomic E-state index is 14.1. The SMILES string of the molecule is Cc1c(F)cc(/C(Cc2ccc(F)c(Cl)c2)=N/O)c2c1N=CC2. The summed E-state index contributed by atoms with van der Waals surface area (Å²) in [5.41, 5.74) is 3.33. The van der Waals surface area contributed by atoms with Crippen molar-refractivity contribution >= 4 is 29.2 Å². The lowest BCUT2D eigenvalue weighted by Gasteiger charge is -2.12. The van der Waals surface area contributed by atoms with Crippen molar-refractivity contribution in [3.8, 4) is 0 Å². The zero-order chi connectivity index (χ0) is 16.6. The average Bonchev–Trinajstić information content (AvgIpc) is 3.02. The third kappa shape index (κ3) is 2.84. The minimum absolute atomic E-state index is 0.0107. The molecule has 0 saturated heterocycles. The summed E-state index contributed by atoms with van der Waals surface area (Å²) in [5, 5.41) is 12.7. The molecule has 0 spiro atoms. The molecular weight excluding hydrogens is 322 g/mol. The Morgan fingerprint density at radius 1 is 1.30 bits per heavy atom. The fourth-order valence-corrected chi connectivity index (χ4v) is 2.89. The Morgan fingerprint density at radius 3 is 2.78 bits per heavy atom. The first kappa shape index (κ1) is 15.6. The molecule has 118 valence electrons. The van der Waals surface area contributed by atoms with Gasteiger partial charge in [0.2, 0.25) is 0 Å². The molecule has 1 heterocycles. The molecule has 0 aromatic heterocycles. The summed E-state index contributed by atoms with van der Waals surface area (Å²) < 4.78 is 27.3. The van der Waals surface area contributed by atoms with Gasteiger partial charge in [0, 0.05) is 30.2 Å². The molecule has 1 N–H and O–H groups in total. The third-order valence-electron chi connectivity index (χ3n) is 3.90. The summed E-state index contributed by atoms with van der Waals surface area (Å²) in [6.07, 6.45) is 2.45. The largest absolute Gasteiger partial charge is 0.411 e. The summed E-state index contributed by atoms with van der Waals surface area (Å²) in [6.45, 7) is 1.66. The monoisotopic (exact) mass is 334 g/mol. The molecule has 1 aliphatic heterocycles. The Labute approximate surface area is 136 Å². The van der Waals surface area contributed by atoms with Gasteiger partial charge in [-0.25, -0.2) is 8.78 Å². The van der Waals surface area contributed by atoms with E-state index in [9.17, 15) is 14.0 Å². The van der Waals surface area contributed by atoms with Crippen LogP contribution in [0.25, 0.3) is 0 Å². The van der Waals surface area contributed by atoms with Gasteiger partial charge in [-0.2, -0.15) is 0 Å². The highest BCUT2D eigenvalue weighted by Gasteiger charge is 2.21. The second-order valence-electron chi connectivity index (χ2n) is 5.35. The molecule has 23 heavy (non-hydrogen) atoms. The van der Waals surface area contributed by atoms with Gasteiger partial charge in [0.1, 0.15) is 11.6 Å². The smallest absolute Gasteiger partial charge is 0.141 e. The highest BCUT2D eigenvalue weighted by atomic mass is 35.5. The number of benzene rings is 2. The van der Waals surface area contributed by atoms with E-state index in [1.807, 2.05) is 0 Å². The van der Waals surface area contributed by atoms with E-state index in [1.165, 1.54) is 18.2 Å². The van der Waals surface area contributed by atoms with Crippen LogP contribution in [-0.4, -0.2) is 17.1 Å². The number of halogens is 3. The molecule has 0 bridgehead atoms. The van der Waals surface area contributed by atoms with Crippen molar-refractivity contribution in [3.63, 3.8) is 0 Å². The molecule has 0 fully saturated rings. The van der Waals surface area contributed by atoms with Crippen LogP contribution in [-0.2, 0) is 12.8 Å². The average molecular weight is 335 g/mol. The number of fused-ring (bicyclic) bond motifs is 1. The lowest BCUT2D eigenvalue weighted by molar-refractivity contribution is 0.318. The van der Waals surface area contributed by atoms with Crippen molar-refractivity contribution in [2.24, 2.45) is 10.1 Å². The van der Waals surface area contributed by atoms with Crippen LogP contribution in [0, 0.1) is 18.6 Å². The van der Waals surface area contributed by atoms with E-state index < -0.39 is 11.6 Å². The molecule has 3 nitrogen and oxygen atoms in total. The second-order valence-corrected chi connectivity index (χ2v) is 5.75. The first-order valence-electron chi connectivity index (χ1n) is 7.01. The van der Waals surface area contributed by atoms with E-state index in [1.54, 1.807) is 19.2 Å². The molecule has 0 saturated carbocycles. The van der Waals surface area contributed by atoms with Crippen molar-refractivity contribution in [2.75, 3.05) is 0 Å². The van der Waals surface area contributed by atoms with Gasteiger partial charge in [0.25, 0.3) is 0 Å². The third-order valence-corrected chi connectivity index (χ3v) is 4.19. The highest BCUT2D eigenvalue weighted by molar-refractivity contribution is 6.30. The molecule has 0 radical (unpaired) electrons. The van der Waals surface area contributed by atoms with E-state index >= 15 is 0 Å². The summed E-state index contributed by atoms with van der Waals surface area (Å²) in [4.78, 5) is 4.20. The molecule has 2 aromatic rings. The maximum Gasteiger partial charge on any atom is 0.141 e. The van der Waals surface area contributed by atoms with Gasteiger partial charge >= 0.3 is 0 Å². The van der Waals surface area contributed by atoms with E-state index in [0.29, 0.717) is 28.8 Å². The quantitative estimate of drug-likeness (QED) is 0.497. The normalized spacial score (nSPS) is 13.5. The summed E-state index contributed by atoms with van der Waals surface area (Å²) >= 11 is 5.77. The Hall–Kier alpha value is -2.27. The van der Waals surface area contributed by atoms with Crippen LogP contribution < -0.4 is 0 Å². The number of hydrogen-bond acceptors (Lipinski definition) is 3. The van der Waals surface area contributed by atoms with Gasteiger partial charge in [-0.15, -0.1) is 0 Å². The molecule has 3 rings (SSSR count). The van der Waals surface area contributed by atoms with Gasteiger partial charge in [0.05, 0.1) is 16.4 Å². The van der Waals surface area contributed by atoms with E-state index in [-0.39, 0.29) is 17.2 Å². The molecule has 0 aliphatic carbocycles. The number of aliphatic imine (C=N–C) groups is 1. The van der Waals surface area contributed by atoms with Crippen LogP contribution >= 0.6 is 11.6 Å². The first-order chi connectivity index (χ1) is 11.0. The van der Waals surface area contributed by atoms with Gasteiger partial charge in [-0.1, -0.05) is 22.8 Å². The predicted octanol–water partition coefficient (Wildman–Crippen LogP) is 4.61. The Bertz CT molecular complexity index is 847. The van der Waals surface area contributed by atoms with Gasteiger partial charge in [0.15, 0.2) is 0 Å². The van der Waals surface area contributed by atoms with E-state index in [0.717, 1.165) is 5.56 Å². The summed E-state index contributed by atoms with van der Waals surface area (Å²) in [5.74, 6) is -0.926. The summed E-state index contributed by atoms with van der Waals surface area (Å²) in [6, 6.07) is 5.61. The van der Waals surface area contributed by atoms with E-state index in [4.69, 9.17) is 11.6 Å². The van der Waals surface area contributed by atoms with Crippen LogP contribution in [0.15, 0.2) is 34.4 Å². The van der Waals surface area contributed by atoms with Gasteiger partial charge in [-0.05, 0) is 36.2 Å². The van der Waals surface area contributed by atoms with Crippen molar-refractivity contribution in [2.45, 2.75) is 19.8 Å². The predicted molar refractivity (Wildman–Crippen MR) is 86.4 cm³/mol. The van der Waals surface area contributed by atoms with Gasteiger partial charge in [-0.3, -0.25) is 4.99 Å². The van der Waals surface area contributed by atoms with Crippen LogP contribution in [0.5, 0.6) is 0 Å². The Balaban J connectivity index is 2.01. The molecule has 0 unspecified atom stereocenters. The molecule has 2 aromatic carbocycles. The molecule has 0 atom stereocenters. The van der Waals surface area contributed by atoms with Crippen LogP contribution in [0.1, 0.15) is 22.3 Å². The van der Waals surface area contributed by atoms with Crippen LogP contribution in [0.2, 0.25) is 5.02 Å². The standard InChI is InChI=1S/C17H13ClF2N2O/c1-9-15(20)8-12(11-4-5-21-17(9)11)16(22-23)7-10-2-3-14(19)13(18)6-10/h2-3,5-6,8,23H,4,7H2,1H3/b22-16+. The highest BCUT2D eigenvalue weighted by Crippen LogP contribution is 2.34. The Morgan fingerprint density at radius 2 is 2.09 bits per heavy atom. The zero-order valence-electron chi connectivity index (χ0n) is 12.3. The van der Waals surface area contributed by atoms with Crippen LogP contribution in [0.4, 0.5) is 14.5 Å². The van der Waals surface area contributed by atoms with Crippen molar-refractivity contribution in [3.05, 3.63) is 63.2 Å². The number of hydrogen-bond donors (Lipinski definition) is 1. The fourth-order valence-electron chi connectivity index (χ4n) is 2.68. The van der Waals surface area contributed by atoms with E-state index in [2.05, 4.69) is 10.1 Å². The lowest BCUT2D eigenvalue weighted by atomic mass is 9.94. The number of nitrogens with zero attached hydrogens (tertiary/aromatic N) is 2. The zero-order valence-corrected chi connectivity index (χ0v) is 13.0.